The quantitative estimate of drug-likeness (QED) is 0.839. The number of ether oxygens (including phenoxy) is 1. The van der Waals surface area contributed by atoms with E-state index in [2.05, 4.69) is 10.6 Å². The first-order valence-corrected chi connectivity index (χ1v) is 6.49. The molecular weight excluding hydrogens is 247 g/mol. The summed E-state index contributed by atoms with van der Waals surface area (Å²) in [6.07, 6.45) is 1.29. The third kappa shape index (κ3) is 3.92. The molecule has 2 N–H and O–H groups in total. The number of nitrogens with one attached hydrogen (secondary N) is 2. The molecule has 1 unspecified atom stereocenters. The molecule has 0 aromatic heterocycles. The largest absolute Gasteiger partial charge is 0.494 e. The Kier molecular flexibility index (Phi) is 4.74. The van der Waals surface area contributed by atoms with Crippen molar-refractivity contribution in [1.29, 1.82) is 0 Å². The molecule has 0 spiro atoms. The van der Waals surface area contributed by atoms with Gasteiger partial charge in [0.15, 0.2) is 11.6 Å². The van der Waals surface area contributed by atoms with Crippen molar-refractivity contribution in [1.82, 2.24) is 10.6 Å². The molecule has 19 heavy (non-hydrogen) atoms. The molecule has 1 aliphatic heterocycles. The van der Waals surface area contributed by atoms with Crippen LogP contribution in [0, 0.1) is 11.7 Å². The lowest BCUT2D eigenvalue weighted by Gasteiger charge is -2.10. The fourth-order valence-corrected chi connectivity index (χ4v) is 2.21. The Morgan fingerprint density at radius 1 is 1.58 bits per heavy atom. The zero-order valence-corrected chi connectivity index (χ0v) is 11.0. The first kappa shape index (κ1) is 13.8. The number of rotatable bonds is 5. The fourth-order valence-electron chi connectivity index (χ4n) is 2.21. The van der Waals surface area contributed by atoms with Gasteiger partial charge in [-0.3, -0.25) is 4.79 Å². The molecule has 1 amide bonds. The average Bonchev–Trinajstić information content (AvgIpc) is 2.90. The van der Waals surface area contributed by atoms with Crippen molar-refractivity contribution in [2.45, 2.75) is 12.8 Å². The number of hydrogen-bond acceptors (Lipinski definition) is 3. The number of benzene rings is 1. The normalized spacial score (nSPS) is 18.3. The van der Waals surface area contributed by atoms with Crippen LogP contribution in [0.15, 0.2) is 18.2 Å². The summed E-state index contributed by atoms with van der Waals surface area (Å²) >= 11 is 0. The second-order valence-electron chi connectivity index (χ2n) is 4.81. The van der Waals surface area contributed by atoms with Gasteiger partial charge >= 0.3 is 0 Å². The van der Waals surface area contributed by atoms with Crippen molar-refractivity contribution in [3.8, 4) is 5.75 Å². The molecule has 1 atom stereocenters. The van der Waals surface area contributed by atoms with Crippen LogP contribution in [0.2, 0.25) is 0 Å². The maximum atomic E-state index is 13.5. The van der Waals surface area contributed by atoms with E-state index in [-0.39, 0.29) is 18.1 Å². The van der Waals surface area contributed by atoms with Crippen molar-refractivity contribution < 1.29 is 13.9 Å². The van der Waals surface area contributed by atoms with E-state index in [1.807, 2.05) is 0 Å². The van der Waals surface area contributed by atoms with Gasteiger partial charge in [-0.05, 0) is 43.1 Å². The summed E-state index contributed by atoms with van der Waals surface area (Å²) < 4.78 is 18.3. The minimum atomic E-state index is -0.437. The van der Waals surface area contributed by atoms with Crippen LogP contribution in [0.5, 0.6) is 5.75 Å². The summed E-state index contributed by atoms with van der Waals surface area (Å²) in [5, 5.41) is 6.14. The first-order valence-electron chi connectivity index (χ1n) is 6.49. The lowest BCUT2D eigenvalue weighted by molar-refractivity contribution is -0.120. The molecule has 1 heterocycles. The van der Waals surface area contributed by atoms with Gasteiger partial charge in [0.2, 0.25) is 5.91 Å². The van der Waals surface area contributed by atoms with Crippen LogP contribution in [-0.4, -0.2) is 32.7 Å². The predicted octanol–water partition coefficient (Wildman–Crippen LogP) is 1.10. The van der Waals surface area contributed by atoms with Crippen LogP contribution in [-0.2, 0) is 11.2 Å². The Morgan fingerprint density at radius 2 is 2.42 bits per heavy atom. The van der Waals surface area contributed by atoms with Crippen LogP contribution >= 0.6 is 0 Å². The van der Waals surface area contributed by atoms with Crippen LogP contribution in [0.1, 0.15) is 12.0 Å². The fraction of sp³-hybridized carbons (Fsp3) is 0.500. The van der Waals surface area contributed by atoms with Gasteiger partial charge < -0.3 is 15.4 Å². The Hall–Kier alpha value is -1.62. The molecule has 1 aromatic rings. The second kappa shape index (κ2) is 6.52. The highest BCUT2D eigenvalue weighted by Gasteiger charge is 2.15. The van der Waals surface area contributed by atoms with Gasteiger partial charge in [0, 0.05) is 6.54 Å². The van der Waals surface area contributed by atoms with Gasteiger partial charge in [0.25, 0.3) is 0 Å². The smallest absolute Gasteiger partial charge is 0.224 e. The molecule has 0 radical (unpaired) electrons. The third-order valence-electron chi connectivity index (χ3n) is 3.33. The summed E-state index contributed by atoms with van der Waals surface area (Å²) in [7, 11) is 1.42. The van der Waals surface area contributed by atoms with E-state index in [1.54, 1.807) is 12.1 Å². The van der Waals surface area contributed by atoms with Crippen LogP contribution < -0.4 is 15.4 Å². The lowest BCUT2D eigenvalue weighted by Crippen LogP contribution is -2.31. The molecule has 0 aliphatic carbocycles. The second-order valence-corrected chi connectivity index (χ2v) is 4.81. The minimum absolute atomic E-state index is 0.0727. The molecule has 1 aromatic carbocycles. The average molecular weight is 266 g/mol. The van der Waals surface area contributed by atoms with Gasteiger partial charge in [-0.15, -0.1) is 0 Å². The van der Waals surface area contributed by atoms with Crippen molar-refractivity contribution in [3.63, 3.8) is 0 Å². The lowest BCUT2D eigenvalue weighted by atomic mass is 10.1. The van der Waals surface area contributed by atoms with Crippen molar-refractivity contribution in [2.24, 2.45) is 5.92 Å². The van der Waals surface area contributed by atoms with Gasteiger partial charge in [-0.2, -0.15) is 0 Å². The molecule has 2 rings (SSSR count). The zero-order valence-electron chi connectivity index (χ0n) is 11.0. The van der Waals surface area contributed by atoms with Crippen molar-refractivity contribution in [3.05, 3.63) is 29.6 Å². The summed E-state index contributed by atoms with van der Waals surface area (Å²) in [6.45, 7) is 2.66. The molecule has 1 fully saturated rings. The number of carbonyl (C=O) groups excluding carboxylic acids is 1. The predicted molar refractivity (Wildman–Crippen MR) is 70.6 cm³/mol. The van der Waals surface area contributed by atoms with Crippen molar-refractivity contribution >= 4 is 5.91 Å². The topological polar surface area (TPSA) is 50.4 Å². The molecule has 104 valence electrons. The molecular formula is C14H19FN2O2. The summed E-state index contributed by atoms with van der Waals surface area (Å²) in [4.78, 5) is 11.7. The van der Waals surface area contributed by atoms with Gasteiger partial charge in [0.1, 0.15) is 0 Å². The standard InChI is InChI=1S/C14H19FN2O2/c1-19-13-3-2-10(6-12(13)15)7-14(18)17-9-11-4-5-16-8-11/h2-3,6,11,16H,4-5,7-9H2,1H3,(H,17,18). The van der Waals surface area contributed by atoms with Crippen LogP contribution in [0.3, 0.4) is 0 Å². The zero-order chi connectivity index (χ0) is 13.7. The number of amides is 1. The van der Waals surface area contributed by atoms with Crippen molar-refractivity contribution in [2.75, 3.05) is 26.7 Å². The third-order valence-corrected chi connectivity index (χ3v) is 3.33. The minimum Gasteiger partial charge on any atom is -0.494 e. The van der Waals surface area contributed by atoms with Gasteiger partial charge in [-0.1, -0.05) is 6.07 Å². The molecule has 0 bridgehead atoms. The van der Waals surface area contributed by atoms with E-state index >= 15 is 0 Å². The number of halogens is 1. The Balaban J connectivity index is 1.82. The highest BCUT2D eigenvalue weighted by Crippen LogP contribution is 2.17. The Morgan fingerprint density at radius 3 is 3.05 bits per heavy atom. The van der Waals surface area contributed by atoms with E-state index in [9.17, 15) is 9.18 Å². The summed E-state index contributed by atoms with van der Waals surface area (Å²) in [5.74, 6) is 0.196. The van der Waals surface area contributed by atoms with Crippen LogP contribution in [0.25, 0.3) is 0 Å². The van der Waals surface area contributed by atoms with E-state index in [4.69, 9.17) is 4.74 Å². The van der Waals surface area contributed by atoms with E-state index in [0.29, 0.717) is 18.0 Å². The maximum absolute atomic E-state index is 13.5. The molecule has 4 nitrogen and oxygen atoms in total. The Bertz CT molecular complexity index is 445. The van der Waals surface area contributed by atoms with Gasteiger partial charge in [0.05, 0.1) is 13.5 Å². The molecule has 1 aliphatic rings. The molecule has 5 heteroatoms. The highest BCUT2D eigenvalue weighted by molar-refractivity contribution is 5.78. The van der Waals surface area contributed by atoms with Crippen LogP contribution in [0.4, 0.5) is 4.39 Å². The first-order chi connectivity index (χ1) is 9.19. The number of methoxy groups -OCH3 is 1. The SMILES string of the molecule is COc1ccc(CC(=O)NCC2CCNC2)cc1F. The van der Waals surface area contributed by atoms with E-state index in [0.717, 1.165) is 19.5 Å². The monoisotopic (exact) mass is 266 g/mol. The van der Waals surface area contributed by atoms with E-state index in [1.165, 1.54) is 13.2 Å². The van der Waals surface area contributed by atoms with E-state index < -0.39 is 5.82 Å². The number of carbonyl (C=O) groups is 1. The summed E-state index contributed by atoms with van der Waals surface area (Å²) in [5.41, 5.74) is 0.653. The van der Waals surface area contributed by atoms with Gasteiger partial charge in [-0.25, -0.2) is 4.39 Å². The Labute approximate surface area is 112 Å². The highest BCUT2D eigenvalue weighted by atomic mass is 19.1. The maximum Gasteiger partial charge on any atom is 0.224 e. The summed E-state index contributed by atoms with van der Waals surface area (Å²) in [6, 6.07) is 4.59. The number of hydrogen-bond donors (Lipinski definition) is 2. The molecule has 1 saturated heterocycles. The molecule has 0 saturated carbocycles.